The summed E-state index contributed by atoms with van der Waals surface area (Å²) in [6.07, 6.45) is 0. The molecular weight excluding hydrogens is 170 g/mol. The Kier molecular flexibility index (Phi) is 3.63. The van der Waals surface area contributed by atoms with Gasteiger partial charge in [-0.05, 0) is 23.2 Å². The predicted molar refractivity (Wildman–Crippen MR) is 63.4 cm³/mol. The van der Waals surface area contributed by atoms with Crippen molar-refractivity contribution in [2.24, 2.45) is 23.2 Å². The fraction of sp³-hybridized carbons (Fsp3) is 1.00. The van der Waals surface area contributed by atoms with E-state index in [2.05, 4.69) is 46.4 Å². The fourth-order valence-electron chi connectivity index (χ4n) is 1.88. The van der Waals surface area contributed by atoms with Crippen molar-refractivity contribution in [3.63, 3.8) is 0 Å². The molecule has 0 radical (unpaired) electrons. The van der Waals surface area contributed by atoms with Crippen molar-refractivity contribution in [3.05, 3.63) is 0 Å². The van der Waals surface area contributed by atoms with Gasteiger partial charge in [0.1, 0.15) is 0 Å². The lowest BCUT2D eigenvalue weighted by Crippen LogP contribution is -2.53. The zero-order chi connectivity index (χ0) is 10.9. The Morgan fingerprint density at radius 3 is 2.00 bits per heavy atom. The smallest absolute Gasteiger partial charge is 0.00272 e. The Morgan fingerprint density at radius 2 is 1.64 bits per heavy atom. The summed E-state index contributed by atoms with van der Waals surface area (Å²) in [5, 5.41) is 0. The molecule has 1 atom stereocenters. The molecule has 14 heavy (non-hydrogen) atoms. The third kappa shape index (κ3) is 2.98. The molecule has 1 aliphatic heterocycles. The summed E-state index contributed by atoms with van der Waals surface area (Å²) in [5.41, 5.74) is 0.511. The fourth-order valence-corrected chi connectivity index (χ4v) is 1.88. The largest absolute Gasteiger partial charge is 0.302 e. The second kappa shape index (κ2) is 4.22. The van der Waals surface area contributed by atoms with Gasteiger partial charge in [-0.3, -0.25) is 0 Å². The molecule has 1 fully saturated rings. The van der Waals surface area contributed by atoms with E-state index in [-0.39, 0.29) is 0 Å². The molecule has 1 rings (SSSR count). The Labute approximate surface area is 89.9 Å². The van der Waals surface area contributed by atoms with E-state index in [1.54, 1.807) is 0 Å². The van der Waals surface area contributed by atoms with E-state index >= 15 is 0 Å². The lowest BCUT2D eigenvalue weighted by atomic mass is 9.75. The molecule has 0 spiro atoms. The Morgan fingerprint density at radius 1 is 1.14 bits per heavy atom. The van der Waals surface area contributed by atoms with Crippen LogP contribution in [0.2, 0.25) is 0 Å². The Hall–Kier alpha value is -0.0400. The summed E-state index contributed by atoms with van der Waals surface area (Å²) in [4.78, 5) is 2.61. The van der Waals surface area contributed by atoms with E-state index in [0.29, 0.717) is 5.41 Å². The number of nitrogens with zero attached hydrogens (tertiary/aromatic N) is 1. The highest BCUT2D eigenvalue weighted by Crippen LogP contribution is 2.34. The number of hydrogen-bond donors (Lipinski definition) is 0. The second-order valence-corrected chi connectivity index (χ2v) is 6.50. The maximum atomic E-state index is 2.61. The van der Waals surface area contributed by atoms with Crippen LogP contribution < -0.4 is 0 Å². The first-order valence-electron chi connectivity index (χ1n) is 6.03. The topological polar surface area (TPSA) is 3.24 Å². The second-order valence-electron chi connectivity index (χ2n) is 6.50. The van der Waals surface area contributed by atoms with Gasteiger partial charge < -0.3 is 4.90 Å². The van der Waals surface area contributed by atoms with Crippen molar-refractivity contribution in [2.75, 3.05) is 19.6 Å². The molecule has 84 valence electrons. The molecule has 0 aliphatic carbocycles. The maximum absolute atomic E-state index is 2.61. The zero-order valence-corrected chi connectivity index (χ0v) is 10.8. The summed E-state index contributed by atoms with van der Waals surface area (Å²) in [6, 6.07) is 0. The molecule has 0 amide bonds. The summed E-state index contributed by atoms with van der Waals surface area (Å²) in [5.74, 6) is 2.58. The standard InChI is InChI=1S/C13H27N/c1-10(2)11(3)7-14-8-12(9-14)13(4,5)6/h10-12H,7-9H2,1-6H3. The molecule has 0 aromatic rings. The van der Waals surface area contributed by atoms with Crippen LogP contribution in [0, 0.1) is 23.2 Å². The molecule has 0 aromatic carbocycles. The summed E-state index contributed by atoms with van der Waals surface area (Å²) < 4.78 is 0. The highest BCUT2D eigenvalue weighted by molar-refractivity contribution is 4.88. The van der Waals surface area contributed by atoms with E-state index < -0.39 is 0 Å². The molecule has 0 aromatic heterocycles. The molecule has 1 unspecified atom stereocenters. The van der Waals surface area contributed by atoms with Crippen molar-refractivity contribution < 1.29 is 0 Å². The SMILES string of the molecule is CC(C)C(C)CN1CC(C(C)(C)C)C1. The lowest BCUT2D eigenvalue weighted by Gasteiger charge is -2.47. The van der Waals surface area contributed by atoms with Crippen LogP contribution in [-0.2, 0) is 0 Å². The normalized spacial score (nSPS) is 22.5. The summed E-state index contributed by atoms with van der Waals surface area (Å²) in [7, 11) is 0. The minimum Gasteiger partial charge on any atom is -0.302 e. The number of hydrogen-bond acceptors (Lipinski definition) is 1. The first kappa shape index (κ1) is 12.0. The molecule has 1 heteroatoms. The molecule has 0 bridgehead atoms. The van der Waals surface area contributed by atoms with E-state index in [1.807, 2.05) is 0 Å². The molecule has 1 saturated heterocycles. The van der Waals surface area contributed by atoms with Gasteiger partial charge >= 0.3 is 0 Å². The summed E-state index contributed by atoms with van der Waals surface area (Å²) in [6.45, 7) is 18.0. The molecule has 1 nitrogen and oxygen atoms in total. The zero-order valence-electron chi connectivity index (χ0n) is 10.8. The van der Waals surface area contributed by atoms with Gasteiger partial charge in [-0.2, -0.15) is 0 Å². The molecule has 1 heterocycles. The van der Waals surface area contributed by atoms with Crippen LogP contribution in [0.15, 0.2) is 0 Å². The predicted octanol–water partition coefficient (Wildman–Crippen LogP) is 3.26. The van der Waals surface area contributed by atoms with Crippen LogP contribution in [0.4, 0.5) is 0 Å². The highest BCUT2D eigenvalue weighted by atomic mass is 15.2. The van der Waals surface area contributed by atoms with Gasteiger partial charge in [0.25, 0.3) is 0 Å². The van der Waals surface area contributed by atoms with Gasteiger partial charge in [0, 0.05) is 19.6 Å². The van der Waals surface area contributed by atoms with Crippen molar-refractivity contribution >= 4 is 0 Å². The first-order valence-corrected chi connectivity index (χ1v) is 6.03. The van der Waals surface area contributed by atoms with Crippen LogP contribution in [0.5, 0.6) is 0 Å². The average molecular weight is 197 g/mol. The van der Waals surface area contributed by atoms with Gasteiger partial charge in [-0.25, -0.2) is 0 Å². The third-order valence-corrected chi connectivity index (χ3v) is 3.87. The third-order valence-electron chi connectivity index (χ3n) is 3.87. The lowest BCUT2D eigenvalue weighted by molar-refractivity contribution is 0.0112. The average Bonchev–Trinajstić information content (AvgIpc) is 1.92. The van der Waals surface area contributed by atoms with Crippen molar-refractivity contribution in [3.8, 4) is 0 Å². The number of rotatable bonds is 3. The van der Waals surface area contributed by atoms with Crippen LogP contribution >= 0.6 is 0 Å². The van der Waals surface area contributed by atoms with Gasteiger partial charge in [0.15, 0.2) is 0 Å². The van der Waals surface area contributed by atoms with Crippen molar-refractivity contribution in [1.82, 2.24) is 4.90 Å². The monoisotopic (exact) mass is 197 g/mol. The van der Waals surface area contributed by atoms with Crippen LogP contribution in [-0.4, -0.2) is 24.5 Å². The minimum absolute atomic E-state index is 0.511. The van der Waals surface area contributed by atoms with Crippen LogP contribution in [0.25, 0.3) is 0 Å². The molecule has 0 saturated carbocycles. The Balaban J connectivity index is 2.22. The van der Waals surface area contributed by atoms with E-state index in [1.165, 1.54) is 19.6 Å². The molecule has 1 aliphatic rings. The van der Waals surface area contributed by atoms with E-state index in [4.69, 9.17) is 0 Å². The van der Waals surface area contributed by atoms with Gasteiger partial charge in [-0.15, -0.1) is 0 Å². The Bertz CT molecular complexity index is 172. The van der Waals surface area contributed by atoms with Gasteiger partial charge in [0.2, 0.25) is 0 Å². The van der Waals surface area contributed by atoms with Crippen LogP contribution in [0.1, 0.15) is 41.5 Å². The number of likely N-dealkylation sites (tertiary alicyclic amines) is 1. The van der Waals surface area contributed by atoms with Gasteiger partial charge in [-0.1, -0.05) is 41.5 Å². The van der Waals surface area contributed by atoms with E-state index in [9.17, 15) is 0 Å². The highest BCUT2D eigenvalue weighted by Gasteiger charge is 2.35. The van der Waals surface area contributed by atoms with Crippen molar-refractivity contribution in [1.29, 1.82) is 0 Å². The maximum Gasteiger partial charge on any atom is 0.00272 e. The summed E-state index contributed by atoms with van der Waals surface area (Å²) >= 11 is 0. The van der Waals surface area contributed by atoms with E-state index in [0.717, 1.165) is 17.8 Å². The van der Waals surface area contributed by atoms with Gasteiger partial charge in [0.05, 0.1) is 0 Å². The van der Waals surface area contributed by atoms with Crippen molar-refractivity contribution in [2.45, 2.75) is 41.5 Å². The quantitative estimate of drug-likeness (QED) is 0.671. The van der Waals surface area contributed by atoms with Crippen LogP contribution in [0.3, 0.4) is 0 Å². The molecular formula is C13H27N. The molecule has 0 N–H and O–H groups in total. The first-order chi connectivity index (χ1) is 6.30. The minimum atomic E-state index is 0.511.